The van der Waals surface area contributed by atoms with Crippen LogP contribution in [0.5, 0.6) is 0 Å². The molecule has 6 heteroatoms. The normalized spacial score (nSPS) is 11.0. The minimum Gasteiger partial charge on any atom is -0.315 e. The average molecular weight is 230 g/mol. The zero-order valence-corrected chi connectivity index (χ0v) is 9.02. The highest BCUT2D eigenvalue weighted by molar-refractivity contribution is 7.17. The Morgan fingerprint density at radius 3 is 3.21 bits per heavy atom. The molecule has 2 aromatic heterocycles. The molecule has 1 N–H and O–H groups in total. The lowest BCUT2D eigenvalue weighted by Gasteiger charge is -1.94. The molecule has 0 fully saturated rings. The molecule has 0 aliphatic rings. The summed E-state index contributed by atoms with van der Waals surface area (Å²) in [5, 5.41) is 3.62. The summed E-state index contributed by atoms with van der Waals surface area (Å²) < 4.78 is 1.71. The largest absolute Gasteiger partial charge is 0.315 e. The third-order valence-corrected chi connectivity index (χ3v) is 3.35. The van der Waals surface area contributed by atoms with Crippen LogP contribution in [0.15, 0.2) is 17.1 Å². The van der Waals surface area contributed by atoms with Crippen molar-refractivity contribution in [3.63, 3.8) is 0 Å². The zero-order chi connectivity index (χ0) is 10.1. The van der Waals surface area contributed by atoms with Crippen molar-refractivity contribution in [3.8, 4) is 0 Å². The predicted octanol–water partition coefficient (Wildman–Crippen LogP) is 1.13. The van der Waals surface area contributed by atoms with Gasteiger partial charge >= 0.3 is 0 Å². The molecule has 4 nitrogen and oxygen atoms in total. The Labute approximate surface area is 89.2 Å². The Morgan fingerprint density at radius 2 is 2.50 bits per heavy atom. The van der Waals surface area contributed by atoms with Gasteiger partial charge in [-0.1, -0.05) is 22.9 Å². The first-order valence-corrected chi connectivity index (χ1v) is 5.23. The lowest BCUT2D eigenvalue weighted by molar-refractivity contribution is 0.827. The number of nitrogens with zero attached hydrogens (tertiary/aromatic N) is 2. The van der Waals surface area contributed by atoms with Crippen LogP contribution in [0.2, 0.25) is 5.15 Å². The van der Waals surface area contributed by atoms with E-state index < -0.39 is 0 Å². The first kappa shape index (κ1) is 9.64. The summed E-state index contributed by atoms with van der Waals surface area (Å²) in [6, 6.07) is 1.40. The summed E-state index contributed by atoms with van der Waals surface area (Å²) in [6.07, 6.45) is 1.64. The first-order valence-electron chi connectivity index (χ1n) is 4.03. The van der Waals surface area contributed by atoms with E-state index >= 15 is 0 Å². The number of rotatable bonds is 2. The van der Waals surface area contributed by atoms with Crippen molar-refractivity contribution >= 4 is 27.9 Å². The standard InChI is InChI=1S/C8H8ClN3OS/c1-10-4-5-7(9)12-3-2-6(13)11-8(12)14-5/h2-3,10H,4H2,1H3. The molecule has 2 rings (SSSR count). The molecule has 14 heavy (non-hydrogen) atoms. The van der Waals surface area contributed by atoms with Gasteiger partial charge in [-0.15, -0.1) is 0 Å². The molecular weight excluding hydrogens is 222 g/mol. The van der Waals surface area contributed by atoms with Crippen molar-refractivity contribution in [2.45, 2.75) is 6.54 Å². The molecule has 0 saturated carbocycles. The highest BCUT2D eigenvalue weighted by Crippen LogP contribution is 2.25. The van der Waals surface area contributed by atoms with E-state index in [1.54, 1.807) is 10.6 Å². The third kappa shape index (κ3) is 1.54. The van der Waals surface area contributed by atoms with Gasteiger partial charge in [0.25, 0.3) is 5.56 Å². The molecule has 0 aliphatic carbocycles. The van der Waals surface area contributed by atoms with Crippen molar-refractivity contribution in [2.75, 3.05) is 7.05 Å². The summed E-state index contributed by atoms with van der Waals surface area (Å²) in [4.78, 5) is 16.4. The van der Waals surface area contributed by atoms with Crippen LogP contribution < -0.4 is 10.9 Å². The van der Waals surface area contributed by atoms with E-state index in [2.05, 4.69) is 10.3 Å². The number of aromatic nitrogens is 2. The zero-order valence-electron chi connectivity index (χ0n) is 7.45. The first-order chi connectivity index (χ1) is 6.72. The fourth-order valence-corrected chi connectivity index (χ4v) is 2.54. The summed E-state index contributed by atoms with van der Waals surface area (Å²) >= 11 is 7.50. The van der Waals surface area contributed by atoms with Crippen molar-refractivity contribution in [2.24, 2.45) is 0 Å². The molecule has 2 aromatic rings. The highest BCUT2D eigenvalue weighted by Gasteiger charge is 2.09. The minimum absolute atomic E-state index is 0.237. The Bertz CT molecular complexity index is 519. The molecule has 0 aliphatic heterocycles. The highest BCUT2D eigenvalue weighted by atomic mass is 35.5. The van der Waals surface area contributed by atoms with E-state index in [0.29, 0.717) is 16.7 Å². The van der Waals surface area contributed by atoms with E-state index in [-0.39, 0.29) is 5.56 Å². The van der Waals surface area contributed by atoms with Crippen molar-refractivity contribution in [1.82, 2.24) is 14.7 Å². The number of halogens is 1. The lowest BCUT2D eigenvalue weighted by Crippen LogP contribution is -2.05. The van der Waals surface area contributed by atoms with Gasteiger partial charge in [-0.25, -0.2) is 0 Å². The minimum atomic E-state index is -0.237. The van der Waals surface area contributed by atoms with Gasteiger partial charge in [0.05, 0.1) is 4.88 Å². The molecule has 2 heterocycles. The maximum Gasteiger partial charge on any atom is 0.273 e. The van der Waals surface area contributed by atoms with Crippen molar-refractivity contribution in [1.29, 1.82) is 0 Å². The fraction of sp³-hybridized carbons (Fsp3) is 0.250. The van der Waals surface area contributed by atoms with E-state index in [1.165, 1.54) is 17.4 Å². The van der Waals surface area contributed by atoms with Crippen molar-refractivity contribution in [3.05, 3.63) is 32.6 Å². The van der Waals surface area contributed by atoms with E-state index in [0.717, 1.165) is 4.88 Å². The average Bonchev–Trinajstić information content (AvgIpc) is 2.44. The third-order valence-electron chi connectivity index (χ3n) is 1.77. The Balaban J connectivity index is 2.67. The molecule has 0 spiro atoms. The number of fused-ring (bicyclic) bond motifs is 1. The Morgan fingerprint density at radius 1 is 1.71 bits per heavy atom. The second-order valence-corrected chi connectivity index (χ2v) is 4.18. The van der Waals surface area contributed by atoms with Gasteiger partial charge in [0.1, 0.15) is 5.15 Å². The SMILES string of the molecule is CNCc1sc2nc(=O)ccn2c1Cl. The number of thiazole rings is 1. The Hall–Kier alpha value is -0.910. The van der Waals surface area contributed by atoms with Crippen LogP contribution in [0, 0.1) is 0 Å². The Kier molecular flexibility index (Phi) is 2.54. The summed E-state index contributed by atoms with van der Waals surface area (Å²) in [5.74, 6) is 0. The quantitative estimate of drug-likeness (QED) is 0.840. The van der Waals surface area contributed by atoms with Crippen LogP contribution in [0.25, 0.3) is 4.96 Å². The van der Waals surface area contributed by atoms with Crippen LogP contribution in [-0.4, -0.2) is 16.4 Å². The number of nitrogens with one attached hydrogen (secondary N) is 1. The van der Waals surface area contributed by atoms with Crippen LogP contribution >= 0.6 is 22.9 Å². The van der Waals surface area contributed by atoms with Gasteiger partial charge < -0.3 is 5.32 Å². The summed E-state index contributed by atoms with van der Waals surface area (Å²) in [5.41, 5.74) is -0.237. The van der Waals surface area contributed by atoms with Gasteiger partial charge in [0.15, 0.2) is 4.96 Å². The fourth-order valence-electron chi connectivity index (χ4n) is 1.17. The molecule has 0 atom stereocenters. The van der Waals surface area contributed by atoms with E-state index in [4.69, 9.17) is 11.6 Å². The molecule has 0 radical (unpaired) electrons. The van der Waals surface area contributed by atoms with Crippen LogP contribution in [0.4, 0.5) is 0 Å². The summed E-state index contributed by atoms with van der Waals surface area (Å²) in [7, 11) is 1.85. The smallest absolute Gasteiger partial charge is 0.273 e. The molecular formula is C8H8ClN3OS. The van der Waals surface area contributed by atoms with Crippen LogP contribution in [0.1, 0.15) is 4.88 Å². The topological polar surface area (TPSA) is 46.4 Å². The van der Waals surface area contributed by atoms with Gasteiger partial charge in [-0.05, 0) is 7.05 Å². The maximum absolute atomic E-state index is 11.0. The predicted molar refractivity (Wildman–Crippen MR) is 57.1 cm³/mol. The van der Waals surface area contributed by atoms with Gasteiger partial charge in [-0.2, -0.15) is 4.98 Å². The summed E-state index contributed by atoms with van der Waals surface area (Å²) in [6.45, 7) is 0.682. The lowest BCUT2D eigenvalue weighted by atomic mass is 10.5. The van der Waals surface area contributed by atoms with E-state index in [1.807, 2.05) is 7.05 Å². The number of hydrogen-bond acceptors (Lipinski definition) is 4. The van der Waals surface area contributed by atoms with Crippen LogP contribution in [-0.2, 0) is 6.54 Å². The molecule has 0 unspecified atom stereocenters. The molecule has 0 saturated heterocycles. The molecule has 0 amide bonds. The molecule has 0 bridgehead atoms. The van der Waals surface area contributed by atoms with Crippen molar-refractivity contribution < 1.29 is 0 Å². The van der Waals surface area contributed by atoms with Crippen LogP contribution in [0.3, 0.4) is 0 Å². The number of hydrogen-bond donors (Lipinski definition) is 1. The molecule has 74 valence electrons. The second-order valence-electron chi connectivity index (χ2n) is 2.76. The van der Waals surface area contributed by atoms with Gasteiger partial charge in [0.2, 0.25) is 0 Å². The van der Waals surface area contributed by atoms with Gasteiger partial charge in [-0.3, -0.25) is 9.20 Å². The molecule has 0 aromatic carbocycles. The van der Waals surface area contributed by atoms with E-state index in [9.17, 15) is 4.79 Å². The monoisotopic (exact) mass is 229 g/mol. The second kappa shape index (κ2) is 3.68. The maximum atomic E-state index is 11.0. The van der Waals surface area contributed by atoms with Gasteiger partial charge in [0, 0.05) is 18.8 Å².